The number of anilines is 1. The first-order valence-corrected chi connectivity index (χ1v) is 11.9. The van der Waals surface area contributed by atoms with E-state index in [1.165, 1.54) is 6.33 Å². The Morgan fingerprint density at radius 2 is 1.83 bits per heavy atom. The number of hydrogen-bond donors (Lipinski definition) is 2. The van der Waals surface area contributed by atoms with E-state index >= 15 is 0 Å². The molecule has 1 aromatic carbocycles. The van der Waals surface area contributed by atoms with Crippen LogP contribution in [0, 0.1) is 0 Å². The summed E-state index contributed by atoms with van der Waals surface area (Å²) in [6.45, 7) is 0.256. The van der Waals surface area contributed by atoms with Crippen molar-refractivity contribution in [1.29, 1.82) is 0 Å². The van der Waals surface area contributed by atoms with Crippen molar-refractivity contribution >= 4 is 41.2 Å². The summed E-state index contributed by atoms with van der Waals surface area (Å²) in [5.41, 5.74) is 7.20. The molecule has 35 heavy (non-hydrogen) atoms. The van der Waals surface area contributed by atoms with Gasteiger partial charge in [-0.25, -0.2) is 9.97 Å². The van der Waals surface area contributed by atoms with E-state index < -0.39 is 29.7 Å². The molecule has 0 bridgehead atoms. The number of hydrogen-bond acceptors (Lipinski definition) is 9. The Bertz CT molecular complexity index is 1210. The molecule has 1 saturated heterocycles. The smallest absolute Gasteiger partial charge is 0.262 e. The van der Waals surface area contributed by atoms with Crippen molar-refractivity contribution in [2.45, 2.75) is 63.2 Å². The maximum atomic E-state index is 13.5. The van der Waals surface area contributed by atoms with Gasteiger partial charge >= 0.3 is 0 Å². The summed E-state index contributed by atoms with van der Waals surface area (Å²) in [7, 11) is 0. The van der Waals surface area contributed by atoms with Crippen molar-refractivity contribution in [2.24, 2.45) is 5.73 Å². The van der Waals surface area contributed by atoms with E-state index in [4.69, 9.17) is 17.3 Å². The summed E-state index contributed by atoms with van der Waals surface area (Å²) < 4.78 is 0. The van der Waals surface area contributed by atoms with Gasteiger partial charge < -0.3 is 10.6 Å². The van der Waals surface area contributed by atoms with Gasteiger partial charge in [0.2, 0.25) is 23.0 Å². The van der Waals surface area contributed by atoms with E-state index in [-0.39, 0.29) is 47.9 Å². The summed E-state index contributed by atoms with van der Waals surface area (Å²) in [6, 6.07) is 4.24. The molecule has 3 aliphatic rings. The second kappa shape index (κ2) is 9.31. The first kappa shape index (κ1) is 23.3. The number of halogens is 1. The molecule has 12 heteroatoms. The Morgan fingerprint density at radius 3 is 2.54 bits per heavy atom. The highest BCUT2D eigenvalue weighted by atomic mass is 35.5. The molecule has 5 rings (SSSR count). The molecule has 0 spiro atoms. The highest BCUT2D eigenvalue weighted by Crippen LogP contribution is 2.33. The van der Waals surface area contributed by atoms with Crippen molar-refractivity contribution in [3.8, 4) is 0 Å². The molecule has 3 heterocycles. The van der Waals surface area contributed by atoms with Gasteiger partial charge in [0.05, 0.1) is 11.1 Å². The fraction of sp³-hybridized carbons (Fsp3) is 0.435. The first-order chi connectivity index (χ1) is 16.8. The van der Waals surface area contributed by atoms with Crippen molar-refractivity contribution in [3.63, 3.8) is 0 Å². The molecule has 2 fully saturated rings. The van der Waals surface area contributed by atoms with Gasteiger partial charge in [0.1, 0.15) is 12.4 Å². The van der Waals surface area contributed by atoms with E-state index in [2.05, 4.69) is 20.3 Å². The summed E-state index contributed by atoms with van der Waals surface area (Å²) in [6.07, 6.45) is 4.81. The van der Waals surface area contributed by atoms with Crippen LogP contribution >= 0.6 is 11.6 Å². The highest BCUT2D eigenvalue weighted by molar-refractivity contribution is 6.28. The van der Waals surface area contributed by atoms with Gasteiger partial charge in [-0.2, -0.15) is 4.98 Å². The van der Waals surface area contributed by atoms with Crippen LogP contribution in [0.25, 0.3) is 0 Å². The fourth-order valence-electron chi connectivity index (χ4n) is 5.08. The van der Waals surface area contributed by atoms with Crippen molar-refractivity contribution in [3.05, 3.63) is 46.5 Å². The molecule has 1 unspecified atom stereocenters. The Labute approximate surface area is 206 Å². The normalized spacial score (nSPS) is 24.4. The lowest BCUT2D eigenvalue weighted by molar-refractivity contribution is -0.136. The third-order valence-electron chi connectivity index (χ3n) is 6.86. The molecule has 11 nitrogen and oxygen atoms in total. The van der Waals surface area contributed by atoms with Gasteiger partial charge in [0.25, 0.3) is 11.8 Å². The van der Waals surface area contributed by atoms with Crippen LogP contribution in [-0.2, 0) is 16.1 Å². The minimum atomic E-state index is -1.02. The van der Waals surface area contributed by atoms with Crippen molar-refractivity contribution in [1.82, 2.24) is 25.2 Å². The first-order valence-electron chi connectivity index (χ1n) is 11.5. The van der Waals surface area contributed by atoms with Crippen LogP contribution in [0.15, 0.2) is 24.5 Å². The summed E-state index contributed by atoms with van der Waals surface area (Å²) >= 11 is 6.04. The monoisotopic (exact) mass is 497 g/mol. The summed E-state index contributed by atoms with van der Waals surface area (Å²) in [5.74, 6) is -1.77. The maximum Gasteiger partial charge on any atom is 0.262 e. The topological polar surface area (TPSA) is 151 Å². The van der Waals surface area contributed by atoms with Gasteiger partial charge in [-0.1, -0.05) is 12.1 Å². The molecule has 4 amide bonds. The molecule has 1 aromatic heterocycles. The quantitative estimate of drug-likeness (QED) is 0.580. The molecular weight excluding hydrogens is 474 g/mol. The number of carbonyl (C=O) groups is 4. The van der Waals surface area contributed by atoms with E-state index in [1.807, 2.05) is 4.90 Å². The van der Waals surface area contributed by atoms with Gasteiger partial charge in [0, 0.05) is 25.0 Å². The zero-order chi connectivity index (χ0) is 24.7. The summed E-state index contributed by atoms with van der Waals surface area (Å²) in [4.78, 5) is 66.1. The number of rotatable bonds is 5. The predicted octanol–water partition coefficient (Wildman–Crippen LogP) is 1.20. The minimum Gasteiger partial charge on any atom is -0.333 e. The number of nitrogens with two attached hydrogens (primary N) is 1. The van der Waals surface area contributed by atoms with E-state index in [1.54, 1.807) is 18.2 Å². The number of piperidine rings is 1. The number of nitrogens with zero attached hydrogens (tertiary/aromatic N) is 5. The SMILES string of the molecule is NC1CCC(N(Cc2cccc3c2C(=O)N(C2CCC(=O)NC2=O)C3=O)c2ncnc(Cl)n2)CC1. The van der Waals surface area contributed by atoms with Crippen LogP contribution < -0.4 is 16.0 Å². The number of aromatic nitrogens is 3. The fourth-order valence-corrected chi connectivity index (χ4v) is 5.20. The lowest BCUT2D eigenvalue weighted by Gasteiger charge is -2.36. The number of amides is 4. The highest BCUT2D eigenvalue weighted by Gasteiger charge is 2.45. The Morgan fingerprint density at radius 1 is 1.06 bits per heavy atom. The van der Waals surface area contributed by atoms with Crippen LogP contribution in [0.3, 0.4) is 0 Å². The molecule has 1 saturated carbocycles. The molecular formula is C23H24ClN7O4. The van der Waals surface area contributed by atoms with E-state index in [0.29, 0.717) is 11.5 Å². The lowest BCUT2D eigenvalue weighted by atomic mass is 9.90. The largest absolute Gasteiger partial charge is 0.333 e. The van der Waals surface area contributed by atoms with Crippen LogP contribution in [0.5, 0.6) is 0 Å². The molecule has 182 valence electrons. The molecule has 1 atom stereocenters. The second-order valence-electron chi connectivity index (χ2n) is 9.04. The maximum absolute atomic E-state index is 13.5. The zero-order valence-electron chi connectivity index (χ0n) is 18.8. The Kier molecular flexibility index (Phi) is 6.20. The van der Waals surface area contributed by atoms with Gasteiger partial charge in [-0.05, 0) is 55.3 Å². The van der Waals surface area contributed by atoms with E-state index in [0.717, 1.165) is 30.6 Å². The molecule has 3 N–H and O–H groups in total. The molecule has 2 aliphatic heterocycles. The average molecular weight is 498 g/mol. The molecule has 1 aliphatic carbocycles. The van der Waals surface area contributed by atoms with Gasteiger partial charge in [-0.3, -0.25) is 29.4 Å². The number of benzene rings is 1. The Balaban J connectivity index is 1.48. The second-order valence-corrected chi connectivity index (χ2v) is 9.38. The van der Waals surface area contributed by atoms with Crippen molar-refractivity contribution in [2.75, 3.05) is 4.90 Å². The van der Waals surface area contributed by atoms with Crippen LogP contribution in [-0.4, -0.2) is 61.6 Å². The number of nitrogens with one attached hydrogen (secondary N) is 1. The van der Waals surface area contributed by atoms with Gasteiger partial charge in [0.15, 0.2) is 0 Å². The molecule has 0 radical (unpaired) electrons. The van der Waals surface area contributed by atoms with Crippen molar-refractivity contribution < 1.29 is 19.2 Å². The lowest BCUT2D eigenvalue weighted by Crippen LogP contribution is -2.54. The number of imide groups is 2. The van der Waals surface area contributed by atoms with Crippen LogP contribution in [0.2, 0.25) is 5.28 Å². The Hall–Kier alpha value is -3.44. The zero-order valence-corrected chi connectivity index (χ0v) is 19.6. The molecule has 2 aromatic rings. The van der Waals surface area contributed by atoms with E-state index in [9.17, 15) is 19.2 Å². The predicted molar refractivity (Wildman–Crippen MR) is 124 cm³/mol. The standard InChI is InChI=1S/C23H24ClN7O4/c24-22-26-11-27-23(29-22)30(14-6-4-13(25)5-7-14)10-12-2-1-3-15-18(12)21(35)31(20(15)34)16-8-9-17(32)28-19(16)33/h1-3,11,13-14,16H,4-10,25H2,(H,28,32,33). The minimum absolute atomic E-state index is 0.0566. The van der Waals surface area contributed by atoms with Crippen LogP contribution in [0.1, 0.15) is 64.8 Å². The van der Waals surface area contributed by atoms with Crippen LogP contribution in [0.4, 0.5) is 5.95 Å². The van der Waals surface area contributed by atoms with Gasteiger partial charge in [-0.15, -0.1) is 0 Å². The third-order valence-corrected chi connectivity index (χ3v) is 7.05. The average Bonchev–Trinajstić information content (AvgIpc) is 3.09. The number of carbonyl (C=O) groups excluding carboxylic acids is 4. The third kappa shape index (κ3) is 4.37. The summed E-state index contributed by atoms with van der Waals surface area (Å²) in [5, 5.41) is 2.27. The number of fused-ring (bicyclic) bond motifs is 1.